The third-order valence-electron chi connectivity index (χ3n) is 3.22. The highest BCUT2D eigenvalue weighted by molar-refractivity contribution is 5.78. The molecule has 0 saturated heterocycles. The molecule has 0 aliphatic carbocycles. The Kier molecular flexibility index (Phi) is 3.38. The molecule has 0 bridgehead atoms. The molecule has 0 aliphatic heterocycles. The normalized spacial score (nSPS) is 11.3. The van der Waals surface area contributed by atoms with E-state index in [0.717, 1.165) is 5.57 Å². The van der Waals surface area contributed by atoms with Crippen molar-refractivity contribution in [1.82, 2.24) is 0 Å². The monoisotopic (exact) mass is 236 g/mol. The van der Waals surface area contributed by atoms with Crippen molar-refractivity contribution < 1.29 is 0 Å². The molecule has 0 unspecified atom stereocenters. The van der Waals surface area contributed by atoms with Gasteiger partial charge in [0.25, 0.3) is 0 Å². The van der Waals surface area contributed by atoms with E-state index in [4.69, 9.17) is 0 Å². The predicted molar refractivity (Wildman–Crippen MR) is 79.7 cm³/mol. The van der Waals surface area contributed by atoms with E-state index in [9.17, 15) is 0 Å². The van der Waals surface area contributed by atoms with Crippen LogP contribution in [0.1, 0.15) is 37.5 Å². The first-order valence-electron chi connectivity index (χ1n) is 6.34. The van der Waals surface area contributed by atoms with Crippen molar-refractivity contribution in [2.45, 2.75) is 26.2 Å². The maximum Gasteiger partial charge on any atom is -0.0132 e. The summed E-state index contributed by atoms with van der Waals surface area (Å²) in [6.45, 7) is 10.9. The van der Waals surface area contributed by atoms with Crippen LogP contribution in [0, 0.1) is 0 Å². The Hall–Kier alpha value is -1.82. The second-order valence-corrected chi connectivity index (χ2v) is 5.67. The summed E-state index contributed by atoms with van der Waals surface area (Å²) in [5, 5.41) is 0. The largest absolute Gasteiger partial charge is 0.0906 e. The molecule has 0 atom stereocenters. The highest BCUT2D eigenvalue weighted by Crippen LogP contribution is 2.26. The van der Waals surface area contributed by atoms with Crippen LogP contribution < -0.4 is 0 Å². The zero-order chi connectivity index (χ0) is 13.2. The van der Waals surface area contributed by atoms with Gasteiger partial charge in [0, 0.05) is 0 Å². The third-order valence-corrected chi connectivity index (χ3v) is 3.22. The lowest BCUT2D eigenvalue weighted by molar-refractivity contribution is 0.590. The zero-order valence-corrected chi connectivity index (χ0v) is 11.4. The summed E-state index contributed by atoms with van der Waals surface area (Å²) in [5.41, 5.74) is 5.01. The van der Waals surface area contributed by atoms with E-state index < -0.39 is 0 Å². The highest BCUT2D eigenvalue weighted by Gasteiger charge is 2.13. The molecule has 2 aromatic rings. The van der Waals surface area contributed by atoms with Crippen LogP contribution in [0.25, 0.3) is 5.57 Å². The lowest BCUT2D eigenvalue weighted by Gasteiger charge is -2.19. The molecule has 0 radical (unpaired) electrons. The Labute approximate surface area is 110 Å². The van der Waals surface area contributed by atoms with Gasteiger partial charge in [-0.25, -0.2) is 0 Å². The van der Waals surface area contributed by atoms with Crippen molar-refractivity contribution in [2.24, 2.45) is 0 Å². The third kappa shape index (κ3) is 2.70. The first-order valence-corrected chi connectivity index (χ1v) is 6.34. The van der Waals surface area contributed by atoms with E-state index in [1.807, 2.05) is 18.2 Å². The average Bonchev–Trinajstić information content (AvgIpc) is 2.38. The summed E-state index contributed by atoms with van der Waals surface area (Å²) in [6, 6.07) is 19.0. The molecule has 0 spiro atoms. The van der Waals surface area contributed by atoms with Crippen molar-refractivity contribution >= 4 is 5.57 Å². The molecule has 0 amide bonds. The minimum Gasteiger partial charge on any atom is -0.0906 e. The minimum absolute atomic E-state index is 0.201. The van der Waals surface area contributed by atoms with E-state index >= 15 is 0 Å². The van der Waals surface area contributed by atoms with Gasteiger partial charge in [-0.1, -0.05) is 81.9 Å². The van der Waals surface area contributed by atoms with Gasteiger partial charge in [0.05, 0.1) is 0 Å². The molecule has 0 fully saturated rings. The number of benzene rings is 2. The van der Waals surface area contributed by atoms with Crippen molar-refractivity contribution in [3.05, 3.63) is 77.9 Å². The Morgan fingerprint density at radius 2 is 1.28 bits per heavy atom. The van der Waals surface area contributed by atoms with Crippen molar-refractivity contribution in [3.63, 3.8) is 0 Å². The summed E-state index contributed by atoms with van der Waals surface area (Å²) in [6.07, 6.45) is 0. The smallest absolute Gasteiger partial charge is 0.0132 e. The van der Waals surface area contributed by atoms with Gasteiger partial charge in [0.2, 0.25) is 0 Å². The van der Waals surface area contributed by atoms with Crippen LogP contribution in [0.3, 0.4) is 0 Å². The quantitative estimate of drug-likeness (QED) is 0.684. The van der Waals surface area contributed by atoms with Gasteiger partial charge in [0.15, 0.2) is 0 Å². The van der Waals surface area contributed by atoms with Crippen LogP contribution in [-0.2, 0) is 5.41 Å². The number of hydrogen-bond donors (Lipinski definition) is 0. The van der Waals surface area contributed by atoms with Gasteiger partial charge in [-0.15, -0.1) is 0 Å². The zero-order valence-electron chi connectivity index (χ0n) is 11.4. The SMILES string of the molecule is C=C(c1ccccc1)c1ccc(C(C)(C)C)cc1. The number of hydrogen-bond acceptors (Lipinski definition) is 0. The summed E-state index contributed by atoms with van der Waals surface area (Å²) < 4.78 is 0. The molecule has 0 aromatic heterocycles. The van der Waals surface area contributed by atoms with E-state index in [2.05, 4.69) is 63.7 Å². The standard InChI is InChI=1S/C18H20/c1-14(15-8-6-5-7-9-15)16-10-12-17(13-11-16)18(2,3)4/h5-13H,1H2,2-4H3. The van der Waals surface area contributed by atoms with Crippen LogP contribution in [-0.4, -0.2) is 0 Å². The fourth-order valence-corrected chi connectivity index (χ4v) is 1.98. The molecule has 18 heavy (non-hydrogen) atoms. The summed E-state index contributed by atoms with van der Waals surface area (Å²) >= 11 is 0. The van der Waals surface area contributed by atoms with Crippen LogP contribution in [0.4, 0.5) is 0 Å². The van der Waals surface area contributed by atoms with Gasteiger partial charge in [0.1, 0.15) is 0 Å². The molecule has 0 aliphatic rings. The molecular weight excluding hydrogens is 216 g/mol. The molecular formula is C18H20. The first kappa shape index (κ1) is 12.6. The lowest BCUT2D eigenvalue weighted by Crippen LogP contribution is -2.10. The number of rotatable bonds is 2. The van der Waals surface area contributed by atoms with E-state index in [1.54, 1.807) is 0 Å². The van der Waals surface area contributed by atoms with Crippen molar-refractivity contribution in [2.75, 3.05) is 0 Å². The molecule has 0 saturated carbocycles. The summed E-state index contributed by atoms with van der Waals surface area (Å²) in [7, 11) is 0. The molecule has 2 rings (SSSR count). The minimum atomic E-state index is 0.201. The van der Waals surface area contributed by atoms with E-state index in [1.165, 1.54) is 16.7 Å². The molecule has 2 aromatic carbocycles. The maximum absolute atomic E-state index is 4.19. The van der Waals surface area contributed by atoms with Crippen LogP contribution >= 0.6 is 0 Å². The fraction of sp³-hybridized carbons (Fsp3) is 0.222. The van der Waals surface area contributed by atoms with Crippen LogP contribution in [0.15, 0.2) is 61.2 Å². The average molecular weight is 236 g/mol. The van der Waals surface area contributed by atoms with E-state index in [-0.39, 0.29) is 5.41 Å². The van der Waals surface area contributed by atoms with Crippen LogP contribution in [0.5, 0.6) is 0 Å². The molecule has 0 N–H and O–H groups in total. The van der Waals surface area contributed by atoms with Gasteiger partial charge < -0.3 is 0 Å². The molecule has 0 nitrogen and oxygen atoms in total. The molecule has 0 heterocycles. The van der Waals surface area contributed by atoms with Gasteiger partial charge in [-0.2, -0.15) is 0 Å². The fourth-order valence-electron chi connectivity index (χ4n) is 1.98. The summed E-state index contributed by atoms with van der Waals surface area (Å²) in [5.74, 6) is 0. The second-order valence-electron chi connectivity index (χ2n) is 5.67. The highest BCUT2D eigenvalue weighted by atomic mass is 14.2. The topological polar surface area (TPSA) is 0 Å². The van der Waals surface area contributed by atoms with Crippen molar-refractivity contribution in [1.29, 1.82) is 0 Å². The Morgan fingerprint density at radius 3 is 1.78 bits per heavy atom. The Bertz CT molecular complexity index is 525. The second kappa shape index (κ2) is 4.81. The molecule has 92 valence electrons. The van der Waals surface area contributed by atoms with Crippen LogP contribution in [0.2, 0.25) is 0 Å². The Balaban J connectivity index is 2.28. The van der Waals surface area contributed by atoms with Gasteiger partial charge >= 0.3 is 0 Å². The van der Waals surface area contributed by atoms with E-state index in [0.29, 0.717) is 0 Å². The van der Waals surface area contributed by atoms with Gasteiger partial charge in [-0.05, 0) is 27.7 Å². The Morgan fingerprint density at radius 1 is 0.778 bits per heavy atom. The first-order chi connectivity index (χ1) is 8.48. The molecule has 0 heteroatoms. The maximum atomic E-state index is 4.19. The lowest BCUT2D eigenvalue weighted by atomic mass is 9.86. The van der Waals surface area contributed by atoms with Crippen molar-refractivity contribution in [3.8, 4) is 0 Å². The predicted octanol–water partition coefficient (Wildman–Crippen LogP) is 5.05. The van der Waals surface area contributed by atoms with Gasteiger partial charge in [-0.3, -0.25) is 0 Å². The summed E-state index contributed by atoms with van der Waals surface area (Å²) in [4.78, 5) is 0.